The number of ether oxygens (including phenoxy) is 1. The Hall–Kier alpha value is -2.23. The molecular formula is C11H10F2N2O3. The van der Waals surface area contributed by atoms with E-state index in [0.717, 1.165) is 6.07 Å². The first kappa shape index (κ1) is 13.8. The quantitative estimate of drug-likeness (QED) is 0.823. The third-order valence-electron chi connectivity index (χ3n) is 2.10. The van der Waals surface area contributed by atoms with Gasteiger partial charge < -0.3 is 9.72 Å². The second-order valence-corrected chi connectivity index (χ2v) is 3.34. The van der Waals surface area contributed by atoms with E-state index in [2.05, 4.69) is 9.72 Å². The summed E-state index contributed by atoms with van der Waals surface area (Å²) in [4.78, 5) is 24.9. The number of aromatic amines is 1. The maximum Gasteiger partial charge on any atom is 0.311 e. The maximum absolute atomic E-state index is 12.5. The lowest BCUT2D eigenvalue weighted by Crippen LogP contribution is -2.17. The van der Waals surface area contributed by atoms with Crippen LogP contribution >= 0.6 is 0 Å². The lowest BCUT2D eigenvalue weighted by atomic mass is 10.1. The van der Waals surface area contributed by atoms with Gasteiger partial charge in [-0.05, 0) is 6.92 Å². The fourth-order valence-corrected chi connectivity index (χ4v) is 1.39. The van der Waals surface area contributed by atoms with Crippen molar-refractivity contribution < 1.29 is 18.3 Å². The molecule has 0 amide bonds. The zero-order valence-electron chi connectivity index (χ0n) is 9.50. The molecule has 1 aromatic rings. The van der Waals surface area contributed by atoms with Gasteiger partial charge in [-0.1, -0.05) is 0 Å². The van der Waals surface area contributed by atoms with E-state index >= 15 is 0 Å². The number of nitrogens with zero attached hydrogens (tertiary/aromatic N) is 1. The van der Waals surface area contributed by atoms with E-state index in [0.29, 0.717) is 0 Å². The number of alkyl halides is 2. The van der Waals surface area contributed by atoms with Crippen molar-refractivity contribution in [1.82, 2.24) is 4.98 Å². The van der Waals surface area contributed by atoms with Gasteiger partial charge in [0.05, 0.1) is 18.6 Å². The average molecular weight is 256 g/mol. The normalized spacial score (nSPS) is 10.2. The molecule has 0 aliphatic carbocycles. The van der Waals surface area contributed by atoms with Gasteiger partial charge in [0.1, 0.15) is 11.8 Å². The van der Waals surface area contributed by atoms with Crippen molar-refractivity contribution in [1.29, 1.82) is 5.26 Å². The van der Waals surface area contributed by atoms with Crippen molar-refractivity contribution in [2.45, 2.75) is 19.8 Å². The molecule has 0 spiro atoms. The van der Waals surface area contributed by atoms with Gasteiger partial charge in [-0.3, -0.25) is 9.59 Å². The molecule has 0 aliphatic heterocycles. The molecule has 0 atom stereocenters. The Labute approximate surface area is 101 Å². The van der Waals surface area contributed by atoms with Crippen LogP contribution in [0.15, 0.2) is 10.9 Å². The number of hydrogen-bond donors (Lipinski definition) is 1. The van der Waals surface area contributed by atoms with E-state index in [9.17, 15) is 18.4 Å². The SMILES string of the molecule is CCOC(=O)Cc1cc(=O)c(C(F)F)c(C#N)[nH]1. The molecule has 0 bridgehead atoms. The van der Waals surface area contributed by atoms with E-state index in [1.165, 1.54) is 6.07 Å². The van der Waals surface area contributed by atoms with E-state index in [1.807, 2.05) is 0 Å². The Balaban J connectivity index is 3.13. The first-order chi connectivity index (χ1) is 8.49. The lowest BCUT2D eigenvalue weighted by molar-refractivity contribution is -0.142. The van der Waals surface area contributed by atoms with E-state index in [1.54, 1.807) is 6.92 Å². The summed E-state index contributed by atoms with van der Waals surface area (Å²) in [5, 5.41) is 8.68. The summed E-state index contributed by atoms with van der Waals surface area (Å²) in [7, 11) is 0. The molecule has 0 aromatic carbocycles. The topological polar surface area (TPSA) is 82.9 Å². The Morgan fingerprint density at radius 1 is 1.61 bits per heavy atom. The summed E-state index contributed by atoms with van der Waals surface area (Å²) in [5.74, 6) is -0.609. The number of halogens is 2. The van der Waals surface area contributed by atoms with Crippen molar-refractivity contribution in [2.75, 3.05) is 6.61 Å². The molecule has 1 heterocycles. The lowest BCUT2D eigenvalue weighted by Gasteiger charge is -2.06. The maximum atomic E-state index is 12.5. The minimum atomic E-state index is -3.04. The van der Waals surface area contributed by atoms with Crippen molar-refractivity contribution in [3.63, 3.8) is 0 Å². The molecule has 0 saturated carbocycles. The molecule has 18 heavy (non-hydrogen) atoms. The summed E-state index contributed by atoms with van der Waals surface area (Å²) in [6.45, 7) is 1.78. The predicted octanol–water partition coefficient (Wildman–Crippen LogP) is 1.29. The molecule has 1 rings (SSSR count). The standard InChI is InChI=1S/C11H10F2N2O3/c1-2-18-9(17)4-6-3-8(16)10(11(12)13)7(5-14)15-6/h3,11H,2,4H2,1H3,(H,15,16). The summed E-state index contributed by atoms with van der Waals surface area (Å²) < 4.78 is 29.7. The second kappa shape index (κ2) is 5.91. The third kappa shape index (κ3) is 3.13. The van der Waals surface area contributed by atoms with Crippen molar-refractivity contribution >= 4 is 5.97 Å². The van der Waals surface area contributed by atoms with Crippen molar-refractivity contribution in [2.24, 2.45) is 0 Å². The highest BCUT2D eigenvalue weighted by atomic mass is 19.3. The largest absolute Gasteiger partial charge is 0.466 e. The summed E-state index contributed by atoms with van der Waals surface area (Å²) in [6.07, 6.45) is -3.32. The van der Waals surface area contributed by atoms with Gasteiger partial charge in [0.2, 0.25) is 0 Å². The van der Waals surface area contributed by atoms with E-state index in [4.69, 9.17) is 5.26 Å². The van der Waals surface area contributed by atoms with Crippen LogP contribution in [-0.2, 0) is 16.0 Å². The second-order valence-electron chi connectivity index (χ2n) is 3.34. The molecular weight excluding hydrogens is 246 g/mol. The fourth-order valence-electron chi connectivity index (χ4n) is 1.39. The van der Waals surface area contributed by atoms with Gasteiger partial charge in [0.15, 0.2) is 5.43 Å². The van der Waals surface area contributed by atoms with Gasteiger partial charge in [-0.15, -0.1) is 0 Å². The van der Waals surface area contributed by atoms with Gasteiger partial charge in [0, 0.05) is 11.8 Å². The highest BCUT2D eigenvalue weighted by Crippen LogP contribution is 2.17. The van der Waals surface area contributed by atoms with E-state index in [-0.39, 0.29) is 18.7 Å². The molecule has 96 valence electrons. The number of carbonyl (C=O) groups is 1. The van der Waals surface area contributed by atoms with Gasteiger partial charge >= 0.3 is 5.97 Å². The predicted molar refractivity (Wildman–Crippen MR) is 57.1 cm³/mol. The van der Waals surface area contributed by atoms with Gasteiger partial charge in [-0.2, -0.15) is 5.26 Å². The Morgan fingerprint density at radius 3 is 2.78 bits per heavy atom. The van der Waals surface area contributed by atoms with Crippen LogP contribution in [0.25, 0.3) is 0 Å². The zero-order valence-corrected chi connectivity index (χ0v) is 9.50. The number of aromatic nitrogens is 1. The fraction of sp³-hybridized carbons (Fsp3) is 0.364. The first-order valence-electron chi connectivity index (χ1n) is 5.09. The number of hydrogen-bond acceptors (Lipinski definition) is 4. The number of esters is 1. The molecule has 0 unspecified atom stereocenters. The van der Waals surface area contributed by atoms with Crippen LogP contribution in [0.1, 0.15) is 30.3 Å². The summed E-state index contributed by atoms with van der Waals surface area (Å²) >= 11 is 0. The van der Waals surface area contributed by atoms with Crippen LogP contribution in [0.5, 0.6) is 0 Å². The van der Waals surface area contributed by atoms with Crippen LogP contribution in [0.3, 0.4) is 0 Å². The zero-order chi connectivity index (χ0) is 13.7. The Kier molecular flexibility index (Phi) is 4.54. The van der Waals surface area contributed by atoms with E-state index < -0.39 is 29.1 Å². The molecule has 0 aliphatic rings. The van der Waals surface area contributed by atoms with Crippen LogP contribution in [0, 0.1) is 11.3 Å². The van der Waals surface area contributed by atoms with Crippen LogP contribution in [0.4, 0.5) is 8.78 Å². The van der Waals surface area contributed by atoms with Crippen LogP contribution in [0.2, 0.25) is 0 Å². The first-order valence-corrected chi connectivity index (χ1v) is 5.09. The molecule has 0 saturated heterocycles. The minimum absolute atomic E-state index is 0.0689. The minimum Gasteiger partial charge on any atom is -0.466 e. The molecule has 0 fully saturated rings. The smallest absolute Gasteiger partial charge is 0.311 e. The summed E-state index contributed by atoms with van der Waals surface area (Å²) in [5.41, 5.74) is -2.32. The van der Waals surface area contributed by atoms with Crippen molar-refractivity contribution in [3.8, 4) is 6.07 Å². The molecule has 7 heteroatoms. The number of nitriles is 1. The molecule has 0 radical (unpaired) electrons. The number of rotatable bonds is 4. The summed E-state index contributed by atoms with van der Waals surface area (Å²) in [6, 6.07) is 2.35. The van der Waals surface area contributed by atoms with Crippen molar-refractivity contribution in [3.05, 3.63) is 33.2 Å². The monoisotopic (exact) mass is 256 g/mol. The Bertz CT molecular complexity index is 546. The number of nitrogens with one attached hydrogen (secondary N) is 1. The number of carbonyl (C=O) groups excluding carboxylic acids is 1. The molecule has 1 N–H and O–H groups in total. The van der Waals surface area contributed by atoms with Gasteiger partial charge in [-0.25, -0.2) is 8.78 Å². The molecule has 1 aromatic heterocycles. The Morgan fingerprint density at radius 2 is 2.28 bits per heavy atom. The third-order valence-corrected chi connectivity index (χ3v) is 2.10. The molecule has 5 nitrogen and oxygen atoms in total. The highest BCUT2D eigenvalue weighted by Gasteiger charge is 2.19. The number of pyridine rings is 1. The highest BCUT2D eigenvalue weighted by molar-refractivity contribution is 5.72. The van der Waals surface area contributed by atoms with Gasteiger partial charge in [0.25, 0.3) is 6.43 Å². The number of H-pyrrole nitrogens is 1. The average Bonchev–Trinajstić information content (AvgIpc) is 2.27. The van der Waals surface area contributed by atoms with Crippen LogP contribution in [-0.4, -0.2) is 17.6 Å². The van der Waals surface area contributed by atoms with Crippen LogP contribution < -0.4 is 5.43 Å².